The van der Waals surface area contributed by atoms with E-state index in [0.717, 1.165) is 25.7 Å². The van der Waals surface area contributed by atoms with E-state index in [1.54, 1.807) is 6.07 Å². The Kier molecular flexibility index (Phi) is 5.11. The molecule has 1 fully saturated rings. The predicted molar refractivity (Wildman–Crippen MR) is 75.5 cm³/mol. The van der Waals surface area contributed by atoms with Crippen molar-refractivity contribution >= 4 is 0 Å². The molecule has 1 aromatic carbocycles. The summed E-state index contributed by atoms with van der Waals surface area (Å²) in [5.41, 5.74) is 0.262. The van der Waals surface area contributed by atoms with Crippen LogP contribution in [0.3, 0.4) is 0 Å². The van der Waals surface area contributed by atoms with Crippen molar-refractivity contribution in [3.63, 3.8) is 0 Å². The molecule has 0 aliphatic heterocycles. The second-order valence-corrected chi connectivity index (χ2v) is 5.66. The zero-order valence-corrected chi connectivity index (χ0v) is 11.7. The molecule has 2 N–H and O–H groups in total. The SMILES string of the molecule is N#Cc1ccc(F)c(CNCC2(O)CCCCCC2)c1. The van der Waals surface area contributed by atoms with Crippen molar-refractivity contribution in [2.75, 3.05) is 6.54 Å². The summed E-state index contributed by atoms with van der Waals surface area (Å²) < 4.78 is 13.6. The van der Waals surface area contributed by atoms with Crippen molar-refractivity contribution in [2.45, 2.75) is 50.7 Å². The molecule has 0 atom stereocenters. The highest BCUT2D eigenvalue weighted by atomic mass is 19.1. The lowest BCUT2D eigenvalue weighted by Gasteiger charge is -2.27. The van der Waals surface area contributed by atoms with Gasteiger partial charge >= 0.3 is 0 Å². The first kappa shape index (κ1) is 15.0. The van der Waals surface area contributed by atoms with Crippen molar-refractivity contribution in [2.24, 2.45) is 0 Å². The van der Waals surface area contributed by atoms with Gasteiger partial charge in [-0.15, -0.1) is 0 Å². The van der Waals surface area contributed by atoms with Gasteiger partial charge in [0.15, 0.2) is 0 Å². The summed E-state index contributed by atoms with van der Waals surface area (Å²) in [5.74, 6) is -0.315. The number of hydrogen-bond acceptors (Lipinski definition) is 3. The molecule has 0 spiro atoms. The van der Waals surface area contributed by atoms with Crippen LogP contribution in [0.2, 0.25) is 0 Å². The number of benzene rings is 1. The molecular formula is C16H21FN2O. The third-order valence-electron chi connectivity index (χ3n) is 3.98. The van der Waals surface area contributed by atoms with Gasteiger partial charge in [-0.3, -0.25) is 0 Å². The molecule has 0 amide bonds. The Balaban J connectivity index is 1.90. The van der Waals surface area contributed by atoms with Crippen molar-refractivity contribution in [1.82, 2.24) is 5.32 Å². The highest BCUT2D eigenvalue weighted by Gasteiger charge is 2.27. The maximum absolute atomic E-state index is 13.6. The third kappa shape index (κ3) is 4.03. The van der Waals surface area contributed by atoms with E-state index in [-0.39, 0.29) is 5.82 Å². The molecule has 0 bridgehead atoms. The van der Waals surface area contributed by atoms with E-state index in [0.29, 0.717) is 24.2 Å². The van der Waals surface area contributed by atoms with Gasteiger partial charge in [0.05, 0.1) is 17.2 Å². The quantitative estimate of drug-likeness (QED) is 0.831. The maximum atomic E-state index is 13.6. The van der Waals surface area contributed by atoms with E-state index in [2.05, 4.69) is 5.32 Å². The Morgan fingerprint density at radius 2 is 1.95 bits per heavy atom. The van der Waals surface area contributed by atoms with Gasteiger partial charge in [-0.05, 0) is 31.0 Å². The van der Waals surface area contributed by atoms with Crippen molar-refractivity contribution in [3.05, 3.63) is 35.1 Å². The number of nitriles is 1. The first-order valence-corrected chi connectivity index (χ1v) is 7.25. The van der Waals surface area contributed by atoms with E-state index in [1.165, 1.54) is 25.0 Å². The highest BCUT2D eigenvalue weighted by molar-refractivity contribution is 5.33. The second kappa shape index (κ2) is 6.83. The zero-order valence-electron chi connectivity index (χ0n) is 11.7. The fourth-order valence-electron chi connectivity index (χ4n) is 2.77. The van der Waals surface area contributed by atoms with Crippen LogP contribution < -0.4 is 5.32 Å². The van der Waals surface area contributed by atoms with E-state index < -0.39 is 5.60 Å². The summed E-state index contributed by atoms with van der Waals surface area (Å²) in [4.78, 5) is 0. The fraction of sp³-hybridized carbons (Fsp3) is 0.562. The lowest BCUT2D eigenvalue weighted by molar-refractivity contribution is 0.0250. The normalized spacial score (nSPS) is 18.2. The summed E-state index contributed by atoms with van der Waals surface area (Å²) in [6.45, 7) is 0.812. The van der Waals surface area contributed by atoms with Crippen LogP contribution in [0.5, 0.6) is 0 Å². The number of aliphatic hydroxyl groups is 1. The number of rotatable bonds is 4. The molecule has 0 aromatic heterocycles. The van der Waals surface area contributed by atoms with E-state index in [4.69, 9.17) is 5.26 Å². The number of nitrogens with zero attached hydrogens (tertiary/aromatic N) is 1. The van der Waals surface area contributed by atoms with Crippen LogP contribution in [-0.2, 0) is 6.54 Å². The smallest absolute Gasteiger partial charge is 0.127 e. The van der Waals surface area contributed by atoms with Crippen LogP contribution in [0.1, 0.15) is 49.7 Å². The summed E-state index contributed by atoms with van der Waals surface area (Å²) in [7, 11) is 0. The lowest BCUT2D eigenvalue weighted by atomic mass is 9.94. The van der Waals surface area contributed by atoms with Crippen molar-refractivity contribution in [1.29, 1.82) is 5.26 Å². The van der Waals surface area contributed by atoms with E-state index in [9.17, 15) is 9.50 Å². The van der Waals surface area contributed by atoms with E-state index >= 15 is 0 Å². The molecular weight excluding hydrogens is 255 g/mol. The largest absolute Gasteiger partial charge is 0.389 e. The highest BCUT2D eigenvalue weighted by Crippen LogP contribution is 2.26. The van der Waals surface area contributed by atoms with Gasteiger partial charge in [0.25, 0.3) is 0 Å². The average molecular weight is 276 g/mol. The van der Waals surface area contributed by atoms with Gasteiger partial charge in [0, 0.05) is 18.7 Å². The number of nitrogens with one attached hydrogen (secondary N) is 1. The van der Waals surface area contributed by atoms with Crippen LogP contribution in [-0.4, -0.2) is 17.3 Å². The zero-order chi connectivity index (χ0) is 14.4. The molecule has 0 heterocycles. The number of hydrogen-bond donors (Lipinski definition) is 2. The summed E-state index contributed by atoms with van der Waals surface area (Å²) in [5, 5.41) is 22.4. The van der Waals surface area contributed by atoms with Gasteiger partial charge in [0.2, 0.25) is 0 Å². The molecule has 0 saturated heterocycles. The molecule has 20 heavy (non-hydrogen) atoms. The van der Waals surface area contributed by atoms with Gasteiger partial charge in [-0.2, -0.15) is 5.26 Å². The fourth-order valence-corrected chi connectivity index (χ4v) is 2.77. The lowest BCUT2D eigenvalue weighted by Crippen LogP contribution is -2.40. The van der Waals surface area contributed by atoms with Crippen molar-refractivity contribution < 1.29 is 9.50 Å². The molecule has 3 nitrogen and oxygen atoms in total. The predicted octanol–water partition coefficient (Wildman–Crippen LogP) is 2.87. The Morgan fingerprint density at radius 1 is 1.25 bits per heavy atom. The van der Waals surface area contributed by atoms with Crippen LogP contribution in [0.15, 0.2) is 18.2 Å². The number of halogens is 1. The van der Waals surface area contributed by atoms with Gasteiger partial charge in [-0.1, -0.05) is 25.7 Å². The maximum Gasteiger partial charge on any atom is 0.127 e. The molecule has 1 aliphatic carbocycles. The monoisotopic (exact) mass is 276 g/mol. The van der Waals surface area contributed by atoms with Crippen molar-refractivity contribution in [3.8, 4) is 6.07 Å². The molecule has 1 saturated carbocycles. The Bertz CT molecular complexity index is 488. The molecule has 2 rings (SSSR count). The molecule has 108 valence electrons. The van der Waals surface area contributed by atoms with Crippen LogP contribution in [0.25, 0.3) is 0 Å². The summed E-state index contributed by atoms with van der Waals surface area (Å²) in [6, 6.07) is 6.35. The molecule has 1 aliphatic rings. The standard InChI is InChI=1S/C16H21FN2O/c17-15-6-5-13(10-18)9-14(15)11-19-12-16(20)7-3-1-2-4-8-16/h5-6,9,19-20H,1-4,7-8,11-12H2. The summed E-state index contributed by atoms with van der Waals surface area (Å²) in [6.07, 6.45) is 6.08. The Labute approximate surface area is 119 Å². The second-order valence-electron chi connectivity index (χ2n) is 5.66. The average Bonchev–Trinajstić information content (AvgIpc) is 2.66. The van der Waals surface area contributed by atoms with Crippen LogP contribution in [0, 0.1) is 17.1 Å². The Hall–Kier alpha value is -1.44. The molecule has 4 heteroatoms. The van der Waals surface area contributed by atoms with Gasteiger partial charge < -0.3 is 10.4 Å². The Morgan fingerprint density at radius 3 is 2.60 bits per heavy atom. The van der Waals surface area contributed by atoms with Crippen LogP contribution in [0.4, 0.5) is 4.39 Å². The molecule has 1 aromatic rings. The minimum absolute atomic E-state index is 0.315. The van der Waals surface area contributed by atoms with Crippen LogP contribution >= 0.6 is 0 Å². The summed E-state index contributed by atoms with van der Waals surface area (Å²) >= 11 is 0. The first-order chi connectivity index (χ1) is 9.63. The molecule has 0 radical (unpaired) electrons. The van der Waals surface area contributed by atoms with Gasteiger partial charge in [-0.25, -0.2) is 4.39 Å². The minimum atomic E-state index is -0.667. The first-order valence-electron chi connectivity index (χ1n) is 7.25. The van der Waals surface area contributed by atoms with E-state index in [1.807, 2.05) is 6.07 Å². The molecule has 0 unspecified atom stereocenters. The third-order valence-corrected chi connectivity index (χ3v) is 3.98. The van der Waals surface area contributed by atoms with Gasteiger partial charge in [0.1, 0.15) is 5.82 Å². The topological polar surface area (TPSA) is 56.0 Å². The minimum Gasteiger partial charge on any atom is -0.389 e.